The standard InChI is InChI=1S/C34H23O4P/c1-3-20-36-31-23-34(39(35)33-19-10-8-16-28(33)27-15-7-9-18-30(27)38-39)32(37-21-4-2)22-29(31)26-17-11-13-24-12-5-6-14-25(24)26/h1-2,5-19,22-23H,20-21H2. The Morgan fingerprint density at radius 1 is 0.641 bits per heavy atom. The van der Waals surface area contributed by atoms with Crippen LogP contribution in [0.15, 0.2) is 103 Å². The van der Waals surface area contributed by atoms with E-state index < -0.39 is 7.37 Å². The molecule has 4 nitrogen and oxygen atoms in total. The number of fused-ring (bicyclic) bond motifs is 4. The molecule has 5 heteroatoms. The van der Waals surface area contributed by atoms with Gasteiger partial charge in [0.25, 0.3) is 0 Å². The van der Waals surface area contributed by atoms with Crippen LogP contribution in [0.1, 0.15) is 0 Å². The largest absolute Gasteiger partial charge is 0.480 e. The van der Waals surface area contributed by atoms with Gasteiger partial charge in [-0.1, -0.05) is 90.7 Å². The molecule has 1 heterocycles. The summed E-state index contributed by atoms with van der Waals surface area (Å²) in [6, 6.07) is 32.8. The van der Waals surface area contributed by atoms with Crippen LogP contribution in [0.5, 0.6) is 17.2 Å². The van der Waals surface area contributed by atoms with Gasteiger partial charge in [-0.25, -0.2) is 0 Å². The van der Waals surface area contributed by atoms with E-state index in [1.54, 1.807) is 6.07 Å². The Balaban J connectivity index is 1.63. The summed E-state index contributed by atoms with van der Waals surface area (Å²) in [4.78, 5) is 0. The van der Waals surface area contributed by atoms with E-state index >= 15 is 4.57 Å². The number of ether oxygens (including phenoxy) is 2. The quantitative estimate of drug-likeness (QED) is 0.180. The predicted octanol–water partition coefficient (Wildman–Crippen LogP) is 6.82. The van der Waals surface area contributed by atoms with E-state index in [4.69, 9.17) is 26.8 Å². The number of benzene rings is 5. The molecule has 6 rings (SSSR count). The van der Waals surface area contributed by atoms with E-state index in [9.17, 15) is 0 Å². The maximum Gasteiger partial charge on any atom is 0.311 e. The van der Waals surface area contributed by atoms with E-state index in [0.717, 1.165) is 33.0 Å². The van der Waals surface area contributed by atoms with Crippen molar-refractivity contribution < 1.29 is 18.6 Å². The van der Waals surface area contributed by atoms with Crippen LogP contribution in [0.2, 0.25) is 0 Å². The monoisotopic (exact) mass is 526 g/mol. The fraction of sp³-hybridized carbons (Fsp3) is 0.0588. The molecule has 0 saturated carbocycles. The molecule has 0 aliphatic carbocycles. The average molecular weight is 527 g/mol. The van der Waals surface area contributed by atoms with Crippen LogP contribution in [0.4, 0.5) is 0 Å². The zero-order valence-electron chi connectivity index (χ0n) is 21.0. The van der Waals surface area contributed by atoms with Gasteiger partial charge in [0.2, 0.25) is 0 Å². The molecule has 0 spiro atoms. The first-order chi connectivity index (χ1) is 19.1. The first-order valence-corrected chi connectivity index (χ1v) is 14.0. The lowest BCUT2D eigenvalue weighted by atomic mass is 9.97. The topological polar surface area (TPSA) is 44.8 Å². The second kappa shape index (κ2) is 10.1. The fourth-order valence-electron chi connectivity index (χ4n) is 5.02. The van der Waals surface area contributed by atoms with Crippen molar-refractivity contribution in [2.45, 2.75) is 0 Å². The lowest BCUT2D eigenvalue weighted by molar-refractivity contribution is 0.363. The molecule has 0 aromatic heterocycles. The molecule has 0 N–H and O–H groups in total. The first kappa shape index (κ1) is 24.4. The van der Waals surface area contributed by atoms with Crippen LogP contribution in [0.3, 0.4) is 0 Å². The third-order valence-corrected chi connectivity index (χ3v) is 9.17. The molecule has 1 aliphatic heterocycles. The van der Waals surface area contributed by atoms with Gasteiger partial charge in [0.05, 0.1) is 10.6 Å². The van der Waals surface area contributed by atoms with Crippen LogP contribution >= 0.6 is 7.37 Å². The van der Waals surface area contributed by atoms with E-state index in [0.29, 0.717) is 27.9 Å². The highest BCUT2D eigenvalue weighted by molar-refractivity contribution is 7.75. The van der Waals surface area contributed by atoms with Gasteiger partial charge in [0, 0.05) is 11.1 Å². The summed E-state index contributed by atoms with van der Waals surface area (Å²) >= 11 is 0. The smallest absolute Gasteiger partial charge is 0.311 e. The Morgan fingerprint density at radius 2 is 1.28 bits per heavy atom. The second-order valence-corrected chi connectivity index (χ2v) is 11.2. The lowest BCUT2D eigenvalue weighted by Gasteiger charge is -2.30. The van der Waals surface area contributed by atoms with Crippen LogP contribution < -0.4 is 24.6 Å². The number of rotatable bonds is 6. The fourth-order valence-corrected chi connectivity index (χ4v) is 7.41. The molecule has 1 aliphatic rings. The number of para-hydroxylation sites is 1. The molecule has 5 aromatic carbocycles. The van der Waals surface area contributed by atoms with Gasteiger partial charge in [-0.3, -0.25) is 4.57 Å². The molecular formula is C34H23O4P. The van der Waals surface area contributed by atoms with E-state index in [1.807, 2.05) is 97.1 Å². The number of terminal acetylenes is 2. The van der Waals surface area contributed by atoms with Crippen molar-refractivity contribution in [3.63, 3.8) is 0 Å². The molecule has 0 amide bonds. The number of hydrogen-bond donors (Lipinski definition) is 0. The minimum atomic E-state index is -3.71. The molecule has 1 unspecified atom stereocenters. The summed E-state index contributed by atoms with van der Waals surface area (Å²) < 4.78 is 33.5. The Morgan fingerprint density at radius 3 is 2.10 bits per heavy atom. The van der Waals surface area contributed by atoms with Gasteiger partial charge in [-0.2, -0.15) is 0 Å². The van der Waals surface area contributed by atoms with Gasteiger partial charge < -0.3 is 14.0 Å². The van der Waals surface area contributed by atoms with Gasteiger partial charge in [0.15, 0.2) is 0 Å². The second-order valence-electron chi connectivity index (χ2n) is 8.98. The molecule has 0 fully saturated rings. The first-order valence-electron chi connectivity index (χ1n) is 12.4. The maximum atomic E-state index is 15.0. The van der Waals surface area contributed by atoms with Crippen molar-refractivity contribution in [2.75, 3.05) is 13.2 Å². The van der Waals surface area contributed by atoms with Crippen LogP contribution in [0, 0.1) is 24.7 Å². The summed E-state index contributed by atoms with van der Waals surface area (Å²) in [6.07, 6.45) is 11.1. The summed E-state index contributed by atoms with van der Waals surface area (Å²) in [5, 5.41) is 3.04. The Kier molecular flexibility index (Phi) is 6.34. The van der Waals surface area contributed by atoms with Gasteiger partial charge in [0.1, 0.15) is 30.5 Å². The summed E-state index contributed by atoms with van der Waals surface area (Å²) in [5.74, 6) is 6.43. The van der Waals surface area contributed by atoms with Crippen molar-refractivity contribution >= 4 is 28.8 Å². The molecule has 1 atom stereocenters. The highest BCUT2D eigenvalue weighted by atomic mass is 31.2. The third kappa shape index (κ3) is 4.22. The number of hydrogen-bond acceptors (Lipinski definition) is 4. The molecule has 5 aromatic rings. The van der Waals surface area contributed by atoms with E-state index in [-0.39, 0.29) is 13.2 Å². The van der Waals surface area contributed by atoms with Crippen LogP contribution in [-0.2, 0) is 4.57 Å². The molecule has 188 valence electrons. The average Bonchev–Trinajstić information content (AvgIpc) is 2.98. The zero-order chi connectivity index (χ0) is 26.8. The molecule has 0 bridgehead atoms. The molecular weight excluding hydrogens is 503 g/mol. The van der Waals surface area contributed by atoms with Crippen LogP contribution in [0.25, 0.3) is 33.0 Å². The zero-order valence-corrected chi connectivity index (χ0v) is 21.9. The Labute approximate surface area is 227 Å². The van der Waals surface area contributed by atoms with E-state index in [2.05, 4.69) is 11.8 Å². The Bertz CT molecular complexity index is 1850. The minimum Gasteiger partial charge on any atom is -0.480 e. The van der Waals surface area contributed by atoms with Gasteiger partial charge in [-0.15, -0.1) is 12.8 Å². The van der Waals surface area contributed by atoms with Crippen molar-refractivity contribution in [1.29, 1.82) is 0 Å². The van der Waals surface area contributed by atoms with Crippen molar-refractivity contribution in [2.24, 2.45) is 0 Å². The molecule has 0 radical (unpaired) electrons. The van der Waals surface area contributed by atoms with Crippen molar-refractivity contribution in [1.82, 2.24) is 0 Å². The summed E-state index contributed by atoms with van der Waals surface area (Å²) in [6.45, 7) is 0.0249. The SMILES string of the molecule is C#CCOc1cc(P2(=O)Oc3ccccc3-c3ccccc32)c(OCC#C)cc1-c1cccc2ccccc12. The molecule has 39 heavy (non-hydrogen) atoms. The highest BCUT2D eigenvalue weighted by Gasteiger charge is 2.40. The summed E-state index contributed by atoms with van der Waals surface area (Å²) in [7, 11) is -3.71. The lowest BCUT2D eigenvalue weighted by Crippen LogP contribution is -2.27. The van der Waals surface area contributed by atoms with Crippen LogP contribution in [-0.4, -0.2) is 13.2 Å². The molecule has 0 saturated heterocycles. The van der Waals surface area contributed by atoms with Gasteiger partial charge in [-0.05, 0) is 46.2 Å². The Hall–Kier alpha value is -4.89. The summed E-state index contributed by atoms with van der Waals surface area (Å²) in [5.41, 5.74) is 3.39. The minimum absolute atomic E-state index is 0.00916. The van der Waals surface area contributed by atoms with Crippen molar-refractivity contribution in [3.8, 4) is 64.2 Å². The van der Waals surface area contributed by atoms with E-state index in [1.165, 1.54) is 0 Å². The van der Waals surface area contributed by atoms with Gasteiger partial charge >= 0.3 is 7.37 Å². The predicted molar refractivity (Wildman–Crippen MR) is 157 cm³/mol. The maximum absolute atomic E-state index is 15.0. The normalized spacial score (nSPS) is 15.2. The van der Waals surface area contributed by atoms with Crippen molar-refractivity contribution in [3.05, 3.63) is 103 Å². The highest BCUT2D eigenvalue weighted by Crippen LogP contribution is 2.56. The third-order valence-electron chi connectivity index (χ3n) is 6.71.